The topological polar surface area (TPSA) is 53.1 Å². The van der Waals surface area contributed by atoms with Crippen molar-refractivity contribution >= 4 is 17.7 Å². The molecule has 1 spiro atoms. The van der Waals surface area contributed by atoms with Crippen LogP contribution in [0.25, 0.3) is 0 Å². The van der Waals surface area contributed by atoms with Crippen LogP contribution in [0.1, 0.15) is 65.9 Å². The number of rotatable bonds is 2. The zero-order chi connectivity index (χ0) is 26.7. The van der Waals surface area contributed by atoms with Crippen LogP contribution in [0.3, 0.4) is 0 Å². The van der Waals surface area contributed by atoms with Crippen molar-refractivity contribution in [2.75, 3.05) is 44.2 Å². The van der Waals surface area contributed by atoms with Gasteiger partial charge in [-0.1, -0.05) is 19.9 Å². The van der Waals surface area contributed by atoms with E-state index in [1.165, 1.54) is 12.1 Å². The van der Waals surface area contributed by atoms with Gasteiger partial charge in [-0.05, 0) is 64.7 Å². The minimum absolute atomic E-state index is 0.0642. The largest absolute Gasteiger partial charge is 0.444 e. The standard InChI is InChI=1S/C25H34F3N3O3.C2H6/c1-23(2,3)34-22(33)31-14-10-24(17-31)9-13-30(16-24)21(32)18-7-11-29(12-8-18)20-6-4-5-19(15-20)25(26,27)28;1-2/h4-6,15,18H,7-14,16-17H2,1-3H3;1-2H3. The number of amides is 2. The van der Waals surface area contributed by atoms with E-state index in [1.54, 1.807) is 11.0 Å². The molecule has 202 valence electrons. The zero-order valence-electron chi connectivity index (χ0n) is 22.2. The second-order valence-corrected chi connectivity index (χ2v) is 11.0. The lowest BCUT2D eigenvalue weighted by Gasteiger charge is -2.35. The molecule has 2 amide bonds. The number of piperidine rings is 1. The number of alkyl halides is 3. The van der Waals surface area contributed by atoms with E-state index in [0.29, 0.717) is 57.8 Å². The molecular weight excluding hydrogens is 471 g/mol. The maximum atomic E-state index is 13.2. The van der Waals surface area contributed by atoms with Gasteiger partial charge in [-0.2, -0.15) is 13.2 Å². The molecule has 1 atom stereocenters. The van der Waals surface area contributed by atoms with Gasteiger partial charge in [0.25, 0.3) is 0 Å². The maximum absolute atomic E-state index is 13.2. The van der Waals surface area contributed by atoms with Crippen LogP contribution in [0.5, 0.6) is 0 Å². The van der Waals surface area contributed by atoms with Gasteiger partial charge in [0.1, 0.15) is 5.60 Å². The van der Waals surface area contributed by atoms with Crippen LogP contribution < -0.4 is 4.90 Å². The number of carbonyl (C=O) groups is 2. The molecule has 1 aromatic carbocycles. The minimum atomic E-state index is -4.37. The van der Waals surface area contributed by atoms with Crippen molar-refractivity contribution in [3.63, 3.8) is 0 Å². The van der Waals surface area contributed by atoms with Gasteiger partial charge in [-0.3, -0.25) is 4.79 Å². The molecule has 0 saturated carbocycles. The van der Waals surface area contributed by atoms with Gasteiger partial charge < -0.3 is 19.4 Å². The van der Waals surface area contributed by atoms with Gasteiger partial charge in [0.05, 0.1) is 5.56 Å². The van der Waals surface area contributed by atoms with Crippen molar-refractivity contribution < 1.29 is 27.5 Å². The summed E-state index contributed by atoms with van der Waals surface area (Å²) in [5, 5.41) is 0. The summed E-state index contributed by atoms with van der Waals surface area (Å²) in [6.07, 6.45) is -1.66. The third-order valence-corrected chi connectivity index (χ3v) is 7.22. The fourth-order valence-electron chi connectivity index (χ4n) is 5.40. The summed E-state index contributed by atoms with van der Waals surface area (Å²) in [5.74, 6) is 0.0249. The number of hydrogen-bond acceptors (Lipinski definition) is 4. The molecule has 3 fully saturated rings. The number of hydrogen-bond donors (Lipinski definition) is 0. The van der Waals surface area contributed by atoms with Gasteiger partial charge in [-0.25, -0.2) is 4.79 Å². The van der Waals surface area contributed by atoms with Crippen molar-refractivity contribution in [3.8, 4) is 0 Å². The summed E-state index contributed by atoms with van der Waals surface area (Å²) in [6.45, 7) is 13.3. The van der Waals surface area contributed by atoms with E-state index in [2.05, 4.69) is 0 Å². The molecule has 36 heavy (non-hydrogen) atoms. The first-order valence-corrected chi connectivity index (χ1v) is 13.0. The van der Waals surface area contributed by atoms with E-state index in [0.717, 1.165) is 18.9 Å². The van der Waals surface area contributed by atoms with E-state index >= 15 is 0 Å². The van der Waals surface area contributed by atoms with Crippen LogP contribution in [0.4, 0.5) is 23.7 Å². The van der Waals surface area contributed by atoms with E-state index in [-0.39, 0.29) is 23.3 Å². The maximum Gasteiger partial charge on any atom is 0.416 e. The smallest absolute Gasteiger partial charge is 0.416 e. The molecule has 6 nitrogen and oxygen atoms in total. The molecule has 0 aliphatic carbocycles. The number of nitrogens with zero attached hydrogens (tertiary/aromatic N) is 3. The molecule has 1 aromatic rings. The van der Waals surface area contributed by atoms with Crippen LogP contribution in [0.15, 0.2) is 24.3 Å². The second kappa shape index (κ2) is 10.9. The van der Waals surface area contributed by atoms with Crippen molar-refractivity contribution in [2.45, 2.75) is 72.1 Å². The van der Waals surface area contributed by atoms with Gasteiger partial charge in [0.2, 0.25) is 5.91 Å². The first-order valence-electron chi connectivity index (χ1n) is 13.0. The summed E-state index contributed by atoms with van der Waals surface area (Å²) < 4.78 is 44.6. The number of benzene rings is 1. The fourth-order valence-corrected chi connectivity index (χ4v) is 5.40. The first-order chi connectivity index (χ1) is 16.9. The Morgan fingerprint density at radius 2 is 1.53 bits per heavy atom. The third-order valence-electron chi connectivity index (χ3n) is 7.22. The summed E-state index contributed by atoms with van der Waals surface area (Å²) in [4.78, 5) is 31.3. The van der Waals surface area contributed by atoms with Crippen molar-refractivity contribution in [2.24, 2.45) is 11.3 Å². The SMILES string of the molecule is CC.CC(C)(C)OC(=O)N1CCC2(CCN(C(=O)C3CCN(c4cccc(C(F)(F)F)c4)CC3)C2)C1. The first kappa shape index (κ1) is 28.1. The Morgan fingerprint density at radius 1 is 0.944 bits per heavy atom. The molecule has 3 heterocycles. The molecule has 3 saturated heterocycles. The van der Waals surface area contributed by atoms with Crippen LogP contribution in [0, 0.1) is 11.3 Å². The monoisotopic (exact) mass is 511 g/mol. The quantitative estimate of drug-likeness (QED) is 0.503. The van der Waals surface area contributed by atoms with E-state index in [1.807, 2.05) is 44.4 Å². The molecular formula is C27H40F3N3O3. The molecule has 0 radical (unpaired) electrons. The minimum Gasteiger partial charge on any atom is -0.444 e. The molecule has 9 heteroatoms. The predicted molar refractivity (Wildman–Crippen MR) is 134 cm³/mol. The van der Waals surface area contributed by atoms with Gasteiger partial charge in [0, 0.05) is 56.3 Å². The Morgan fingerprint density at radius 3 is 2.11 bits per heavy atom. The average Bonchev–Trinajstić information content (AvgIpc) is 3.45. The summed E-state index contributed by atoms with van der Waals surface area (Å²) in [5.41, 5.74) is -0.699. The fraction of sp³-hybridized carbons (Fsp3) is 0.704. The van der Waals surface area contributed by atoms with E-state index < -0.39 is 17.3 Å². The summed E-state index contributed by atoms with van der Waals surface area (Å²) >= 11 is 0. The van der Waals surface area contributed by atoms with Gasteiger partial charge in [-0.15, -0.1) is 0 Å². The van der Waals surface area contributed by atoms with E-state index in [4.69, 9.17) is 4.74 Å². The molecule has 3 aliphatic heterocycles. The lowest BCUT2D eigenvalue weighted by atomic mass is 9.86. The molecule has 0 N–H and O–H groups in total. The second-order valence-electron chi connectivity index (χ2n) is 11.0. The highest BCUT2D eigenvalue weighted by atomic mass is 19.4. The van der Waals surface area contributed by atoms with Crippen LogP contribution in [-0.2, 0) is 15.7 Å². The number of likely N-dealkylation sites (tertiary alicyclic amines) is 2. The zero-order valence-corrected chi connectivity index (χ0v) is 22.2. The third kappa shape index (κ3) is 6.65. The molecule has 0 aromatic heterocycles. The summed E-state index contributed by atoms with van der Waals surface area (Å²) in [6, 6.07) is 5.39. The van der Waals surface area contributed by atoms with Crippen molar-refractivity contribution in [3.05, 3.63) is 29.8 Å². The Bertz CT molecular complexity index is 923. The highest BCUT2D eigenvalue weighted by molar-refractivity contribution is 5.79. The number of ether oxygens (including phenoxy) is 1. The predicted octanol–water partition coefficient (Wildman–Crippen LogP) is 5.81. The Labute approximate surface area is 212 Å². The Kier molecular flexibility index (Phi) is 8.51. The Hall–Kier alpha value is -2.45. The molecule has 1 unspecified atom stereocenters. The van der Waals surface area contributed by atoms with Gasteiger partial charge in [0.15, 0.2) is 0 Å². The van der Waals surface area contributed by atoms with Crippen molar-refractivity contribution in [1.82, 2.24) is 9.80 Å². The van der Waals surface area contributed by atoms with Gasteiger partial charge >= 0.3 is 12.3 Å². The van der Waals surface area contributed by atoms with Crippen LogP contribution >= 0.6 is 0 Å². The highest BCUT2D eigenvalue weighted by Crippen LogP contribution is 2.41. The number of halogens is 3. The van der Waals surface area contributed by atoms with E-state index in [9.17, 15) is 22.8 Å². The molecule has 4 rings (SSSR count). The lowest BCUT2D eigenvalue weighted by molar-refractivity contribution is -0.137. The number of anilines is 1. The van der Waals surface area contributed by atoms with Crippen molar-refractivity contribution in [1.29, 1.82) is 0 Å². The van der Waals surface area contributed by atoms with Crippen LogP contribution in [0.2, 0.25) is 0 Å². The lowest BCUT2D eigenvalue weighted by Crippen LogP contribution is -2.43. The summed E-state index contributed by atoms with van der Waals surface area (Å²) in [7, 11) is 0. The van der Waals surface area contributed by atoms with Crippen LogP contribution in [-0.4, -0.2) is 66.7 Å². The number of carbonyl (C=O) groups excluding carboxylic acids is 2. The molecule has 3 aliphatic rings. The highest BCUT2D eigenvalue weighted by Gasteiger charge is 2.47. The average molecular weight is 512 g/mol. The normalized spacial score (nSPS) is 23.1. The Balaban J connectivity index is 0.00000176. The molecule has 0 bridgehead atoms.